The van der Waals surface area contributed by atoms with Gasteiger partial charge in [0.1, 0.15) is 0 Å². The number of nitrogens with zero attached hydrogens (tertiary/aromatic N) is 2. The summed E-state index contributed by atoms with van der Waals surface area (Å²) >= 11 is 0. The van der Waals surface area contributed by atoms with Crippen molar-refractivity contribution in [1.29, 1.82) is 0 Å². The molecule has 2 atom stereocenters. The number of fused-ring (bicyclic) bond motifs is 2. The minimum absolute atomic E-state index is 0.828. The third kappa shape index (κ3) is 1.75. The van der Waals surface area contributed by atoms with Crippen LogP contribution in [0.4, 0.5) is 0 Å². The quantitative estimate of drug-likeness (QED) is 0.651. The first-order valence-electron chi connectivity index (χ1n) is 5.68. The molecule has 2 saturated heterocycles. The highest BCUT2D eigenvalue weighted by Gasteiger charge is 2.41. The lowest BCUT2D eigenvalue weighted by Gasteiger charge is -2.34. The Bertz CT molecular complexity index is 179. The summed E-state index contributed by atoms with van der Waals surface area (Å²) in [7, 11) is 0. The molecule has 0 radical (unpaired) electrons. The van der Waals surface area contributed by atoms with Gasteiger partial charge in [0.25, 0.3) is 0 Å². The van der Waals surface area contributed by atoms with Crippen LogP contribution in [0.2, 0.25) is 0 Å². The molecule has 2 bridgehead atoms. The molecule has 2 heterocycles. The Morgan fingerprint density at radius 1 is 1.15 bits per heavy atom. The molecule has 2 fully saturated rings. The number of likely N-dealkylation sites (N-methyl/N-ethyl adjacent to an activating group) is 1. The van der Waals surface area contributed by atoms with Gasteiger partial charge >= 0.3 is 0 Å². The van der Waals surface area contributed by atoms with Crippen LogP contribution in [0.5, 0.6) is 0 Å². The van der Waals surface area contributed by atoms with E-state index in [1.54, 1.807) is 0 Å². The van der Waals surface area contributed by atoms with E-state index >= 15 is 0 Å². The van der Waals surface area contributed by atoms with Gasteiger partial charge in [0.05, 0.1) is 0 Å². The van der Waals surface area contributed by atoms with E-state index in [2.05, 4.69) is 30.6 Å². The van der Waals surface area contributed by atoms with Crippen molar-refractivity contribution < 1.29 is 0 Å². The molecule has 13 heavy (non-hydrogen) atoms. The van der Waals surface area contributed by atoms with Crippen LogP contribution in [-0.4, -0.2) is 48.1 Å². The van der Waals surface area contributed by atoms with E-state index in [1.165, 1.54) is 32.6 Å². The maximum absolute atomic E-state index is 2.70. The van der Waals surface area contributed by atoms with Crippen LogP contribution in [0.25, 0.3) is 0 Å². The van der Waals surface area contributed by atoms with Gasteiger partial charge in [0.15, 0.2) is 0 Å². The van der Waals surface area contributed by atoms with E-state index in [1.807, 2.05) is 0 Å². The van der Waals surface area contributed by atoms with Crippen LogP contribution in [0, 0.1) is 5.92 Å². The van der Waals surface area contributed by atoms with Crippen LogP contribution < -0.4 is 0 Å². The third-order valence-corrected chi connectivity index (χ3v) is 3.47. The lowest BCUT2D eigenvalue weighted by molar-refractivity contribution is 0.122. The Hall–Kier alpha value is -0.0800. The van der Waals surface area contributed by atoms with Crippen LogP contribution in [0.1, 0.15) is 27.2 Å². The lowest BCUT2D eigenvalue weighted by Crippen LogP contribution is -2.47. The molecule has 0 spiro atoms. The summed E-state index contributed by atoms with van der Waals surface area (Å²) < 4.78 is 0. The maximum atomic E-state index is 2.70. The molecule has 2 aliphatic rings. The summed E-state index contributed by atoms with van der Waals surface area (Å²) in [5.41, 5.74) is 0. The summed E-state index contributed by atoms with van der Waals surface area (Å²) in [6.45, 7) is 12.1. The molecule has 2 nitrogen and oxygen atoms in total. The second kappa shape index (κ2) is 3.58. The zero-order valence-corrected chi connectivity index (χ0v) is 9.16. The van der Waals surface area contributed by atoms with E-state index in [4.69, 9.17) is 0 Å². The summed E-state index contributed by atoms with van der Waals surface area (Å²) in [5, 5.41) is 0. The van der Waals surface area contributed by atoms with Gasteiger partial charge in [-0.05, 0) is 18.9 Å². The van der Waals surface area contributed by atoms with Crippen LogP contribution in [0.3, 0.4) is 0 Å². The van der Waals surface area contributed by atoms with Crippen molar-refractivity contribution in [2.75, 3.05) is 26.2 Å². The van der Waals surface area contributed by atoms with Crippen molar-refractivity contribution >= 4 is 0 Å². The molecule has 0 aliphatic carbocycles. The zero-order chi connectivity index (χ0) is 9.42. The lowest BCUT2D eigenvalue weighted by atomic mass is 10.2. The molecule has 0 aromatic heterocycles. The SMILES string of the molecule is CCN1C[C@H]2C[C@@H]1CN2CC(C)C. The van der Waals surface area contributed by atoms with Crippen molar-refractivity contribution in [3.63, 3.8) is 0 Å². The van der Waals surface area contributed by atoms with Gasteiger partial charge in [-0.2, -0.15) is 0 Å². The first-order chi connectivity index (χ1) is 6.20. The van der Waals surface area contributed by atoms with Gasteiger partial charge in [-0.15, -0.1) is 0 Å². The molecule has 2 aliphatic heterocycles. The second-order valence-corrected chi connectivity index (χ2v) is 4.98. The van der Waals surface area contributed by atoms with Gasteiger partial charge < -0.3 is 0 Å². The Labute approximate surface area is 81.9 Å². The molecule has 0 N–H and O–H groups in total. The van der Waals surface area contributed by atoms with E-state index in [0.29, 0.717) is 0 Å². The molecular weight excluding hydrogens is 160 g/mol. The smallest absolute Gasteiger partial charge is 0.0239 e. The molecule has 2 rings (SSSR count). The Morgan fingerprint density at radius 2 is 1.77 bits per heavy atom. The average molecular weight is 182 g/mol. The Kier molecular flexibility index (Phi) is 2.61. The predicted molar refractivity (Wildman–Crippen MR) is 55.9 cm³/mol. The summed E-state index contributed by atoms with van der Waals surface area (Å²) in [6, 6.07) is 1.76. The molecule has 0 saturated carbocycles. The fraction of sp³-hybridized carbons (Fsp3) is 1.00. The number of rotatable bonds is 3. The molecule has 2 heteroatoms. The fourth-order valence-corrected chi connectivity index (χ4v) is 2.91. The van der Waals surface area contributed by atoms with Crippen molar-refractivity contribution in [3.05, 3.63) is 0 Å². The molecular formula is C11H22N2. The normalized spacial score (nSPS) is 35.1. The number of likely N-dealkylation sites (tertiary alicyclic amines) is 2. The summed E-state index contributed by atoms with van der Waals surface area (Å²) in [6.07, 6.45) is 1.43. The first kappa shape index (κ1) is 9.47. The molecule has 0 unspecified atom stereocenters. The highest BCUT2D eigenvalue weighted by molar-refractivity contribution is 4.99. The van der Waals surface area contributed by atoms with Crippen molar-refractivity contribution in [1.82, 2.24) is 9.80 Å². The molecule has 0 aromatic rings. The van der Waals surface area contributed by atoms with E-state index in [9.17, 15) is 0 Å². The van der Waals surface area contributed by atoms with E-state index in [0.717, 1.165) is 18.0 Å². The zero-order valence-electron chi connectivity index (χ0n) is 9.16. The van der Waals surface area contributed by atoms with Crippen molar-refractivity contribution in [2.45, 2.75) is 39.3 Å². The summed E-state index contributed by atoms with van der Waals surface area (Å²) in [5.74, 6) is 0.828. The van der Waals surface area contributed by atoms with E-state index < -0.39 is 0 Å². The van der Waals surface area contributed by atoms with Crippen LogP contribution in [-0.2, 0) is 0 Å². The highest BCUT2D eigenvalue weighted by atomic mass is 15.3. The predicted octanol–water partition coefficient (Wildman–Crippen LogP) is 1.42. The van der Waals surface area contributed by atoms with Gasteiger partial charge in [0, 0.05) is 31.7 Å². The van der Waals surface area contributed by atoms with Gasteiger partial charge in [-0.3, -0.25) is 9.80 Å². The van der Waals surface area contributed by atoms with Crippen LogP contribution >= 0.6 is 0 Å². The Morgan fingerprint density at radius 3 is 2.23 bits per heavy atom. The first-order valence-corrected chi connectivity index (χ1v) is 5.68. The number of piperazine rings is 1. The highest BCUT2D eigenvalue weighted by Crippen LogP contribution is 2.30. The largest absolute Gasteiger partial charge is 0.298 e. The third-order valence-electron chi connectivity index (χ3n) is 3.47. The molecule has 0 aromatic carbocycles. The number of hydrogen-bond acceptors (Lipinski definition) is 2. The van der Waals surface area contributed by atoms with Gasteiger partial charge in [-0.1, -0.05) is 20.8 Å². The van der Waals surface area contributed by atoms with Crippen LogP contribution in [0.15, 0.2) is 0 Å². The van der Waals surface area contributed by atoms with Gasteiger partial charge in [-0.25, -0.2) is 0 Å². The molecule has 76 valence electrons. The van der Waals surface area contributed by atoms with E-state index in [-0.39, 0.29) is 0 Å². The van der Waals surface area contributed by atoms with Crippen molar-refractivity contribution in [3.8, 4) is 0 Å². The minimum atomic E-state index is 0.828. The monoisotopic (exact) mass is 182 g/mol. The molecule has 0 amide bonds. The maximum Gasteiger partial charge on any atom is 0.0239 e. The van der Waals surface area contributed by atoms with Gasteiger partial charge in [0.2, 0.25) is 0 Å². The summed E-state index contributed by atoms with van der Waals surface area (Å²) in [4.78, 5) is 5.34. The number of hydrogen-bond donors (Lipinski definition) is 0. The Balaban J connectivity index is 1.88. The minimum Gasteiger partial charge on any atom is -0.298 e. The average Bonchev–Trinajstić information content (AvgIpc) is 2.60. The second-order valence-electron chi connectivity index (χ2n) is 4.98. The topological polar surface area (TPSA) is 6.48 Å². The standard InChI is InChI=1S/C11H22N2/c1-4-12-7-11-5-10(12)8-13(11)6-9(2)3/h9-11H,4-8H2,1-3H3/t10-,11-/m1/s1. The van der Waals surface area contributed by atoms with Crippen molar-refractivity contribution in [2.24, 2.45) is 5.92 Å². The fourth-order valence-electron chi connectivity index (χ4n) is 2.91.